The maximum Gasteiger partial charge on any atom is 0.258 e. The van der Waals surface area contributed by atoms with Crippen molar-refractivity contribution in [2.24, 2.45) is 0 Å². The third-order valence-electron chi connectivity index (χ3n) is 4.17. The second-order valence-electron chi connectivity index (χ2n) is 6.12. The first-order valence-corrected chi connectivity index (χ1v) is 9.23. The van der Waals surface area contributed by atoms with Gasteiger partial charge in [0.15, 0.2) is 0 Å². The molecule has 2 aromatic carbocycles. The van der Waals surface area contributed by atoms with Gasteiger partial charge in [0.25, 0.3) is 5.56 Å². The molecule has 0 saturated carbocycles. The maximum absolute atomic E-state index is 12.9. The number of aromatic amines is 1. The maximum atomic E-state index is 12.9. The van der Waals surface area contributed by atoms with E-state index in [2.05, 4.69) is 9.97 Å². The summed E-state index contributed by atoms with van der Waals surface area (Å²) < 4.78 is 5.93. The molecule has 5 nitrogen and oxygen atoms in total. The van der Waals surface area contributed by atoms with Crippen molar-refractivity contribution in [2.75, 3.05) is 0 Å². The van der Waals surface area contributed by atoms with Crippen LogP contribution in [-0.2, 0) is 6.61 Å². The Morgan fingerprint density at radius 1 is 1.15 bits per heavy atom. The molecule has 6 heteroatoms. The van der Waals surface area contributed by atoms with E-state index in [0.29, 0.717) is 33.7 Å². The largest absolute Gasteiger partial charge is 0.487 e. The number of fused-ring (bicyclic) bond motifs is 1. The molecule has 0 radical (unpaired) electrons. The van der Waals surface area contributed by atoms with Gasteiger partial charge in [-0.05, 0) is 36.8 Å². The van der Waals surface area contributed by atoms with Gasteiger partial charge >= 0.3 is 0 Å². The van der Waals surface area contributed by atoms with E-state index in [1.54, 1.807) is 18.2 Å². The number of nitrogens with one attached hydrogen (secondary N) is 1. The topological polar surface area (TPSA) is 72.0 Å². The number of carbonyl (C=O) groups excluding carboxylic acids is 1. The molecule has 2 heterocycles. The number of hydrogen-bond donors (Lipinski definition) is 1. The summed E-state index contributed by atoms with van der Waals surface area (Å²) in [6.45, 7) is 2.27. The molecule has 0 aliphatic carbocycles. The summed E-state index contributed by atoms with van der Waals surface area (Å²) in [4.78, 5) is 33.6. The summed E-state index contributed by atoms with van der Waals surface area (Å²) in [6, 6.07) is 16.6. The molecule has 0 bridgehead atoms. The second-order valence-corrected chi connectivity index (χ2v) is 7.40. The molecule has 0 aliphatic rings. The zero-order valence-corrected chi connectivity index (χ0v) is 15.4. The zero-order chi connectivity index (χ0) is 18.8. The lowest BCUT2D eigenvalue weighted by Gasteiger charge is -2.10. The zero-order valence-electron chi connectivity index (χ0n) is 14.6. The Balaban J connectivity index is 1.78. The van der Waals surface area contributed by atoms with Crippen molar-refractivity contribution in [1.82, 2.24) is 9.97 Å². The number of ketones is 1. The summed E-state index contributed by atoms with van der Waals surface area (Å²) in [6.07, 6.45) is 1.34. The number of aryl methyl sites for hydroxylation is 1. The standard InChI is InChI=1S/C21H16N2O3S/c1-13-7-8-18(27-13)20(24)15-9-16-19(22-12-23-21(16)25)17(10-15)26-11-14-5-3-2-4-6-14/h2-10,12H,11H2,1H3,(H,22,23,25). The van der Waals surface area contributed by atoms with E-state index in [1.807, 2.05) is 43.3 Å². The summed E-state index contributed by atoms with van der Waals surface area (Å²) in [5.41, 5.74) is 1.53. The minimum Gasteiger partial charge on any atom is -0.487 e. The Bertz CT molecular complexity index is 1180. The third kappa shape index (κ3) is 3.52. The fourth-order valence-electron chi connectivity index (χ4n) is 2.82. The molecule has 0 unspecified atom stereocenters. The van der Waals surface area contributed by atoms with Crippen molar-refractivity contribution in [3.63, 3.8) is 0 Å². The normalized spacial score (nSPS) is 10.9. The van der Waals surface area contributed by atoms with Crippen molar-refractivity contribution in [2.45, 2.75) is 13.5 Å². The van der Waals surface area contributed by atoms with E-state index in [0.717, 1.165) is 10.4 Å². The Morgan fingerprint density at radius 3 is 2.70 bits per heavy atom. The number of hydrogen-bond acceptors (Lipinski definition) is 5. The van der Waals surface area contributed by atoms with E-state index in [9.17, 15) is 9.59 Å². The summed E-state index contributed by atoms with van der Waals surface area (Å²) in [5, 5.41) is 0.333. The third-order valence-corrected chi connectivity index (χ3v) is 5.17. The van der Waals surface area contributed by atoms with Gasteiger partial charge in [0, 0.05) is 10.4 Å². The first-order valence-electron chi connectivity index (χ1n) is 8.41. The predicted octanol–water partition coefficient (Wildman–Crippen LogP) is 4.10. The minimum atomic E-state index is -0.304. The lowest BCUT2D eigenvalue weighted by Crippen LogP contribution is -2.10. The molecule has 0 aliphatic heterocycles. The molecule has 27 heavy (non-hydrogen) atoms. The van der Waals surface area contributed by atoms with E-state index in [-0.39, 0.29) is 11.3 Å². The Morgan fingerprint density at radius 2 is 1.96 bits per heavy atom. The van der Waals surface area contributed by atoms with Gasteiger partial charge < -0.3 is 9.72 Å². The highest BCUT2D eigenvalue weighted by Gasteiger charge is 2.17. The van der Waals surface area contributed by atoms with Crippen LogP contribution >= 0.6 is 11.3 Å². The lowest BCUT2D eigenvalue weighted by atomic mass is 10.1. The van der Waals surface area contributed by atoms with Crippen molar-refractivity contribution in [1.29, 1.82) is 0 Å². The molecular weight excluding hydrogens is 360 g/mol. The van der Waals surface area contributed by atoms with Gasteiger partial charge in [-0.1, -0.05) is 30.3 Å². The number of rotatable bonds is 5. The van der Waals surface area contributed by atoms with Gasteiger partial charge in [0.2, 0.25) is 5.78 Å². The lowest BCUT2D eigenvalue weighted by molar-refractivity contribution is 0.104. The number of H-pyrrole nitrogens is 1. The summed E-state index contributed by atoms with van der Waals surface area (Å²) in [5.74, 6) is 0.280. The predicted molar refractivity (Wildman–Crippen MR) is 106 cm³/mol. The number of nitrogens with zero attached hydrogens (tertiary/aromatic N) is 1. The smallest absolute Gasteiger partial charge is 0.258 e. The van der Waals surface area contributed by atoms with E-state index >= 15 is 0 Å². The Kier molecular flexibility index (Phi) is 4.56. The number of aromatic nitrogens is 2. The van der Waals surface area contributed by atoms with Gasteiger partial charge in [0.05, 0.1) is 16.6 Å². The molecule has 134 valence electrons. The molecular formula is C21H16N2O3S. The van der Waals surface area contributed by atoms with Crippen molar-refractivity contribution in [3.8, 4) is 5.75 Å². The molecule has 2 aromatic heterocycles. The van der Waals surface area contributed by atoms with Crippen LogP contribution in [0.1, 0.15) is 25.7 Å². The van der Waals surface area contributed by atoms with Crippen LogP contribution in [0.2, 0.25) is 0 Å². The van der Waals surface area contributed by atoms with Crippen LogP contribution in [0.3, 0.4) is 0 Å². The monoisotopic (exact) mass is 376 g/mol. The molecule has 0 amide bonds. The SMILES string of the molecule is Cc1ccc(C(=O)c2cc(OCc3ccccc3)c3nc[nH]c(=O)c3c2)s1. The van der Waals surface area contributed by atoms with Gasteiger partial charge in [-0.15, -0.1) is 11.3 Å². The van der Waals surface area contributed by atoms with Crippen molar-refractivity contribution >= 4 is 28.0 Å². The fraction of sp³-hybridized carbons (Fsp3) is 0.0952. The number of thiophene rings is 1. The van der Waals surface area contributed by atoms with Crippen LogP contribution in [-0.4, -0.2) is 15.8 Å². The first-order chi connectivity index (χ1) is 13.1. The van der Waals surface area contributed by atoms with Gasteiger partial charge in [-0.25, -0.2) is 4.98 Å². The highest BCUT2D eigenvalue weighted by Crippen LogP contribution is 2.27. The molecule has 0 atom stereocenters. The van der Waals surface area contributed by atoms with Crippen LogP contribution in [0.15, 0.2) is 65.7 Å². The van der Waals surface area contributed by atoms with Crippen molar-refractivity contribution < 1.29 is 9.53 Å². The van der Waals surface area contributed by atoms with Crippen LogP contribution in [0.5, 0.6) is 5.75 Å². The van der Waals surface area contributed by atoms with Crippen molar-refractivity contribution in [3.05, 3.63) is 92.2 Å². The van der Waals surface area contributed by atoms with E-state index in [1.165, 1.54) is 17.7 Å². The van der Waals surface area contributed by atoms with Gasteiger partial charge in [-0.2, -0.15) is 0 Å². The number of carbonyl (C=O) groups is 1. The van der Waals surface area contributed by atoms with Crippen LogP contribution in [0, 0.1) is 6.92 Å². The quantitative estimate of drug-likeness (QED) is 0.532. The van der Waals surface area contributed by atoms with Gasteiger partial charge in [0.1, 0.15) is 17.9 Å². The summed E-state index contributed by atoms with van der Waals surface area (Å²) in [7, 11) is 0. The van der Waals surface area contributed by atoms with Crippen LogP contribution in [0.25, 0.3) is 10.9 Å². The van der Waals surface area contributed by atoms with Crippen LogP contribution in [0.4, 0.5) is 0 Å². The Labute approximate surface area is 159 Å². The molecule has 1 N–H and O–H groups in total. The average molecular weight is 376 g/mol. The van der Waals surface area contributed by atoms with Gasteiger partial charge in [-0.3, -0.25) is 9.59 Å². The van der Waals surface area contributed by atoms with E-state index in [4.69, 9.17) is 4.74 Å². The molecule has 4 aromatic rings. The molecule has 4 rings (SSSR count). The van der Waals surface area contributed by atoms with E-state index < -0.39 is 0 Å². The highest BCUT2D eigenvalue weighted by atomic mass is 32.1. The molecule has 0 spiro atoms. The minimum absolute atomic E-state index is 0.136. The molecule has 0 saturated heterocycles. The highest BCUT2D eigenvalue weighted by molar-refractivity contribution is 7.14. The fourth-order valence-corrected chi connectivity index (χ4v) is 3.65. The number of ether oxygens (including phenoxy) is 1. The first kappa shape index (κ1) is 17.2. The number of benzene rings is 2. The second kappa shape index (κ2) is 7.17. The molecule has 0 fully saturated rings. The van der Waals surface area contributed by atoms with Crippen LogP contribution < -0.4 is 10.3 Å². The summed E-state index contributed by atoms with van der Waals surface area (Å²) >= 11 is 1.42. The average Bonchev–Trinajstić information content (AvgIpc) is 3.13. The Hall–Kier alpha value is -3.25.